The number of carbonyl (C=O) groups is 1. The molecule has 0 saturated carbocycles. The smallest absolute Gasteiger partial charge is 0.335 e. The van der Waals surface area contributed by atoms with Crippen LogP contribution in [0, 0.1) is 0 Å². The lowest BCUT2D eigenvalue weighted by molar-refractivity contribution is -0.154. The van der Waals surface area contributed by atoms with E-state index >= 15 is 0 Å². The third kappa shape index (κ3) is 2.26. The number of esters is 1. The molecule has 2 rings (SSSR count). The van der Waals surface area contributed by atoms with Gasteiger partial charge in [0.1, 0.15) is 5.75 Å². The summed E-state index contributed by atoms with van der Waals surface area (Å²) in [7, 11) is 1.60. The molecule has 0 aliphatic carbocycles. The summed E-state index contributed by atoms with van der Waals surface area (Å²) in [5.74, 6) is -0.106. The van der Waals surface area contributed by atoms with Gasteiger partial charge in [-0.1, -0.05) is 6.07 Å². The average molecular weight is 251 g/mol. The molecular weight excluding hydrogens is 234 g/mol. The Bertz CT molecular complexity index is 447. The minimum absolute atomic E-state index is 0.269. The molecule has 0 aromatic heterocycles. The van der Waals surface area contributed by atoms with Gasteiger partial charge in [-0.2, -0.15) is 0 Å². The van der Waals surface area contributed by atoms with E-state index in [2.05, 4.69) is 5.32 Å². The highest BCUT2D eigenvalue weighted by Gasteiger charge is 2.34. The van der Waals surface area contributed by atoms with E-state index in [1.807, 2.05) is 18.2 Å². The zero-order valence-corrected chi connectivity index (χ0v) is 10.5. The number of hydrogen-bond donors (Lipinski definition) is 2. The fraction of sp³-hybridized carbons (Fsp3) is 0.462. The van der Waals surface area contributed by atoms with Crippen molar-refractivity contribution in [1.82, 2.24) is 0 Å². The Morgan fingerprint density at radius 2 is 2.39 bits per heavy atom. The predicted octanol–water partition coefficient (Wildman–Crippen LogP) is 1.13. The molecule has 0 saturated heterocycles. The van der Waals surface area contributed by atoms with Crippen molar-refractivity contribution in [1.29, 1.82) is 0 Å². The molecule has 1 heterocycles. The number of carbonyl (C=O) groups excluding carboxylic acids is 1. The fourth-order valence-electron chi connectivity index (χ4n) is 2.14. The maximum Gasteiger partial charge on any atom is 0.335 e. The van der Waals surface area contributed by atoms with Crippen molar-refractivity contribution in [3.63, 3.8) is 0 Å². The van der Waals surface area contributed by atoms with Crippen molar-refractivity contribution in [2.24, 2.45) is 0 Å². The molecule has 2 N–H and O–H groups in total. The van der Waals surface area contributed by atoms with Crippen LogP contribution in [-0.4, -0.2) is 37.4 Å². The van der Waals surface area contributed by atoms with Gasteiger partial charge in [0, 0.05) is 24.2 Å². The molecule has 0 fully saturated rings. The molecule has 0 spiro atoms. The Hall–Kier alpha value is -1.75. The van der Waals surface area contributed by atoms with E-state index in [9.17, 15) is 9.90 Å². The van der Waals surface area contributed by atoms with Crippen molar-refractivity contribution in [3.8, 4) is 5.75 Å². The topological polar surface area (TPSA) is 67.8 Å². The maximum atomic E-state index is 11.5. The van der Waals surface area contributed by atoms with Gasteiger partial charge in [0.05, 0.1) is 13.7 Å². The average Bonchev–Trinajstić information content (AvgIpc) is 2.80. The number of aliphatic hydroxyl groups is 1. The molecule has 1 aliphatic rings. The van der Waals surface area contributed by atoms with Crippen LogP contribution in [0.2, 0.25) is 0 Å². The van der Waals surface area contributed by atoms with Gasteiger partial charge in [-0.3, -0.25) is 0 Å². The lowest BCUT2D eigenvalue weighted by Crippen LogP contribution is -2.31. The van der Waals surface area contributed by atoms with E-state index < -0.39 is 12.1 Å². The molecule has 0 radical (unpaired) electrons. The first-order valence-electron chi connectivity index (χ1n) is 5.94. The molecule has 5 heteroatoms. The van der Waals surface area contributed by atoms with Gasteiger partial charge in [-0.15, -0.1) is 0 Å². The molecule has 2 atom stereocenters. The lowest BCUT2D eigenvalue weighted by Gasteiger charge is -2.16. The number of hydrogen-bond acceptors (Lipinski definition) is 5. The second kappa shape index (κ2) is 5.27. The Morgan fingerprint density at radius 3 is 3.06 bits per heavy atom. The molecule has 1 aromatic rings. The predicted molar refractivity (Wildman–Crippen MR) is 66.9 cm³/mol. The first-order valence-corrected chi connectivity index (χ1v) is 5.94. The number of anilines is 1. The van der Waals surface area contributed by atoms with Crippen LogP contribution >= 0.6 is 0 Å². The van der Waals surface area contributed by atoms with E-state index in [1.165, 1.54) is 0 Å². The van der Waals surface area contributed by atoms with Crippen LogP contribution in [0.4, 0.5) is 5.69 Å². The van der Waals surface area contributed by atoms with Gasteiger partial charge >= 0.3 is 5.97 Å². The number of benzene rings is 1. The van der Waals surface area contributed by atoms with E-state index in [0.717, 1.165) is 17.0 Å². The van der Waals surface area contributed by atoms with Crippen molar-refractivity contribution >= 4 is 11.7 Å². The highest BCUT2D eigenvalue weighted by molar-refractivity contribution is 5.77. The quantitative estimate of drug-likeness (QED) is 0.785. The number of ether oxygens (including phenoxy) is 2. The third-order valence-corrected chi connectivity index (χ3v) is 3.08. The number of nitrogens with one attached hydrogen (secondary N) is 1. The fourth-order valence-corrected chi connectivity index (χ4v) is 2.14. The Kier molecular flexibility index (Phi) is 3.72. The molecule has 5 nitrogen and oxygen atoms in total. The molecular formula is C13H17NO4. The Morgan fingerprint density at radius 1 is 1.61 bits per heavy atom. The zero-order valence-electron chi connectivity index (χ0n) is 10.5. The maximum absolute atomic E-state index is 11.5. The highest BCUT2D eigenvalue weighted by atomic mass is 16.5. The van der Waals surface area contributed by atoms with E-state index in [4.69, 9.17) is 9.47 Å². The monoisotopic (exact) mass is 251 g/mol. The van der Waals surface area contributed by atoms with Gasteiger partial charge in [0.15, 0.2) is 6.10 Å². The van der Waals surface area contributed by atoms with Crippen LogP contribution in [0.3, 0.4) is 0 Å². The highest BCUT2D eigenvalue weighted by Crippen LogP contribution is 2.36. The zero-order chi connectivity index (χ0) is 13.1. The van der Waals surface area contributed by atoms with E-state index in [1.54, 1.807) is 14.0 Å². The Balaban J connectivity index is 2.18. The van der Waals surface area contributed by atoms with Gasteiger partial charge < -0.3 is 19.9 Å². The van der Waals surface area contributed by atoms with Crippen molar-refractivity contribution < 1.29 is 19.4 Å². The number of aliphatic hydroxyl groups excluding tert-OH is 1. The summed E-state index contributed by atoms with van der Waals surface area (Å²) in [4.78, 5) is 11.5. The molecule has 98 valence electrons. The first kappa shape index (κ1) is 12.7. The largest absolute Gasteiger partial charge is 0.497 e. The molecule has 1 aromatic carbocycles. The molecule has 2 unspecified atom stereocenters. The van der Waals surface area contributed by atoms with Crippen LogP contribution in [0.25, 0.3) is 0 Å². The minimum Gasteiger partial charge on any atom is -0.497 e. The second-order valence-corrected chi connectivity index (χ2v) is 4.14. The standard InChI is InChI=1S/C13H17NO4/c1-3-18-13(16)12(15)10-7-14-11-6-8(17-2)4-5-9(10)11/h4-6,10,12,14-15H,3,7H2,1-2H3. The summed E-state index contributed by atoms with van der Waals surface area (Å²) in [6, 6.07) is 5.53. The van der Waals surface area contributed by atoms with Crippen LogP contribution in [0.5, 0.6) is 5.75 Å². The van der Waals surface area contributed by atoms with Crippen molar-refractivity contribution in [3.05, 3.63) is 23.8 Å². The lowest BCUT2D eigenvalue weighted by atomic mass is 9.95. The van der Waals surface area contributed by atoms with Crippen molar-refractivity contribution in [2.75, 3.05) is 25.6 Å². The summed E-state index contributed by atoms with van der Waals surface area (Å²) in [5, 5.41) is 13.1. The number of rotatable bonds is 4. The summed E-state index contributed by atoms with van der Waals surface area (Å²) < 4.78 is 9.96. The molecule has 1 aliphatic heterocycles. The minimum atomic E-state index is -1.13. The number of methoxy groups -OCH3 is 1. The normalized spacial score (nSPS) is 18.7. The summed E-state index contributed by atoms with van der Waals surface area (Å²) in [6.45, 7) is 2.50. The van der Waals surface area contributed by atoms with Gasteiger partial charge in [0.25, 0.3) is 0 Å². The van der Waals surface area contributed by atoms with Gasteiger partial charge in [-0.05, 0) is 18.6 Å². The van der Waals surface area contributed by atoms with Gasteiger partial charge in [0.2, 0.25) is 0 Å². The SMILES string of the molecule is CCOC(=O)C(O)C1CNc2cc(OC)ccc21. The number of fused-ring (bicyclic) bond motifs is 1. The molecule has 0 amide bonds. The van der Waals surface area contributed by atoms with Crippen molar-refractivity contribution in [2.45, 2.75) is 18.9 Å². The third-order valence-electron chi connectivity index (χ3n) is 3.08. The second-order valence-electron chi connectivity index (χ2n) is 4.14. The van der Waals surface area contributed by atoms with Gasteiger partial charge in [-0.25, -0.2) is 4.79 Å². The van der Waals surface area contributed by atoms with E-state index in [-0.39, 0.29) is 12.5 Å². The van der Waals surface area contributed by atoms with Crippen LogP contribution in [0.1, 0.15) is 18.4 Å². The molecule has 18 heavy (non-hydrogen) atoms. The first-order chi connectivity index (χ1) is 8.67. The molecule has 0 bridgehead atoms. The Labute approximate surface area is 106 Å². The van der Waals surface area contributed by atoms with Crippen LogP contribution in [0.15, 0.2) is 18.2 Å². The van der Waals surface area contributed by atoms with Crippen LogP contribution < -0.4 is 10.1 Å². The van der Waals surface area contributed by atoms with Crippen LogP contribution in [-0.2, 0) is 9.53 Å². The summed E-state index contributed by atoms with van der Waals surface area (Å²) >= 11 is 0. The summed E-state index contributed by atoms with van der Waals surface area (Å²) in [6.07, 6.45) is -1.13. The van der Waals surface area contributed by atoms with E-state index in [0.29, 0.717) is 6.54 Å². The summed E-state index contributed by atoms with van der Waals surface area (Å²) in [5.41, 5.74) is 1.80.